The topological polar surface area (TPSA) is 121 Å². The molecule has 0 saturated carbocycles. The number of benzene rings is 1. The van der Waals surface area contributed by atoms with Gasteiger partial charge in [0.1, 0.15) is 0 Å². The zero-order valence-electron chi connectivity index (χ0n) is 16.9. The Morgan fingerprint density at radius 2 is 1.93 bits per heavy atom. The lowest BCUT2D eigenvalue weighted by molar-refractivity contribution is 0.0995. The van der Waals surface area contributed by atoms with Gasteiger partial charge in [0.15, 0.2) is 5.69 Å². The monoisotopic (exact) mass is 403 g/mol. The molecule has 2 amide bonds. The van der Waals surface area contributed by atoms with Gasteiger partial charge in [-0.3, -0.25) is 19.0 Å². The minimum Gasteiger partial charge on any atom is -0.364 e. The number of pyridine rings is 1. The van der Waals surface area contributed by atoms with Gasteiger partial charge in [0.25, 0.3) is 11.8 Å². The van der Waals surface area contributed by atoms with Crippen LogP contribution in [0.25, 0.3) is 22.2 Å². The molecule has 0 aliphatic rings. The molecule has 152 valence electrons. The Bertz CT molecular complexity index is 1290. The fourth-order valence-electron chi connectivity index (χ4n) is 3.40. The van der Waals surface area contributed by atoms with Crippen LogP contribution >= 0.6 is 0 Å². The van der Waals surface area contributed by atoms with Gasteiger partial charge in [-0.15, -0.1) is 0 Å². The summed E-state index contributed by atoms with van der Waals surface area (Å²) in [5.41, 5.74) is 9.12. The molecule has 0 aliphatic carbocycles. The van der Waals surface area contributed by atoms with Gasteiger partial charge in [0.05, 0.1) is 28.2 Å². The summed E-state index contributed by atoms with van der Waals surface area (Å²) in [6.07, 6.45) is 3.46. The zero-order valence-corrected chi connectivity index (χ0v) is 16.9. The molecule has 0 aliphatic heterocycles. The standard InChI is InChI=1S/C21H21N7O2/c1-4-28-11-18(19(26-28)20(22)29)24-21(30)14-9-17(15-10-27(3)25-12(15)2)23-16-8-6-5-7-13(14)16/h5-11H,4H2,1-3H3,(H2,22,29)(H,24,30). The van der Waals surface area contributed by atoms with E-state index in [0.717, 1.165) is 11.3 Å². The number of primary amides is 1. The fraction of sp³-hybridized carbons (Fsp3) is 0.190. The average Bonchev–Trinajstić information content (AvgIpc) is 3.29. The molecule has 0 bridgehead atoms. The van der Waals surface area contributed by atoms with Crippen molar-refractivity contribution < 1.29 is 9.59 Å². The van der Waals surface area contributed by atoms with E-state index in [4.69, 9.17) is 10.7 Å². The third kappa shape index (κ3) is 3.41. The summed E-state index contributed by atoms with van der Waals surface area (Å²) < 4.78 is 3.25. The lowest BCUT2D eigenvalue weighted by Crippen LogP contribution is -2.18. The van der Waals surface area contributed by atoms with E-state index in [-0.39, 0.29) is 17.3 Å². The summed E-state index contributed by atoms with van der Waals surface area (Å²) in [5, 5.41) is 12.0. The van der Waals surface area contributed by atoms with Crippen LogP contribution in [0.4, 0.5) is 5.69 Å². The fourth-order valence-corrected chi connectivity index (χ4v) is 3.40. The zero-order chi connectivity index (χ0) is 21.4. The molecule has 0 fully saturated rings. The molecule has 3 heterocycles. The van der Waals surface area contributed by atoms with Crippen molar-refractivity contribution >= 4 is 28.4 Å². The van der Waals surface area contributed by atoms with Crippen LogP contribution in [-0.2, 0) is 13.6 Å². The predicted molar refractivity (Wildman–Crippen MR) is 113 cm³/mol. The largest absolute Gasteiger partial charge is 0.364 e. The number of nitrogens with two attached hydrogens (primary N) is 1. The van der Waals surface area contributed by atoms with Crippen molar-refractivity contribution in [1.82, 2.24) is 24.5 Å². The molecule has 3 aromatic heterocycles. The number of amides is 2. The number of rotatable bonds is 5. The average molecular weight is 403 g/mol. The third-order valence-corrected chi connectivity index (χ3v) is 4.82. The molecule has 30 heavy (non-hydrogen) atoms. The van der Waals surface area contributed by atoms with Gasteiger partial charge in [-0.05, 0) is 26.0 Å². The van der Waals surface area contributed by atoms with Crippen LogP contribution in [0.2, 0.25) is 0 Å². The molecular formula is C21H21N7O2. The smallest absolute Gasteiger partial charge is 0.271 e. The molecule has 1 aromatic carbocycles. The Kier molecular flexibility index (Phi) is 4.78. The summed E-state index contributed by atoms with van der Waals surface area (Å²) >= 11 is 0. The Morgan fingerprint density at radius 1 is 1.17 bits per heavy atom. The summed E-state index contributed by atoms with van der Waals surface area (Å²) in [6.45, 7) is 4.31. The predicted octanol–water partition coefficient (Wildman–Crippen LogP) is 2.51. The van der Waals surface area contributed by atoms with E-state index in [2.05, 4.69) is 15.5 Å². The first-order valence-electron chi connectivity index (χ1n) is 9.46. The molecule has 3 N–H and O–H groups in total. The quantitative estimate of drug-likeness (QED) is 0.530. The van der Waals surface area contributed by atoms with Crippen molar-refractivity contribution in [1.29, 1.82) is 0 Å². The van der Waals surface area contributed by atoms with E-state index >= 15 is 0 Å². The molecular weight excluding hydrogens is 382 g/mol. The highest BCUT2D eigenvalue weighted by Crippen LogP contribution is 2.27. The molecule has 0 atom stereocenters. The number of anilines is 1. The van der Waals surface area contributed by atoms with Crippen molar-refractivity contribution in [2.75, 3.05) is 5.32 Å². The highest BCUT2D eigenvalue weighted by molar-refractivity contribution is 6.14. The minimum absolute atomic E-state index is 0.0203. The van der Waals surface area contributed by atoms with Crippen LogP contribution < -0.4 is 11.1 Å². The number of nitrogens with zero attached hydrogens (tertiary/aromatic N) is 5. The lowest BCUT2D eigenvalue weighted by Gasteiger charge is -2.10. The van der Waals surface area contributed by atoms with Crippen molar-refractivity contribution in [2.45, 2.75) is 20.4 Å². The summed E-state index contributed by atoms with van der Waals surface area (Å²) in [4.78, 5) is 29.7. The third-order valence-electron chi connectivity index (χ3n) is 4.82. The van der Waals surface area contributed by atoms with Gasteiger partial charge in [0.2, 0.25) is 0 Å². The number of carbonyl (C=O) groups is 2. The van der Waals surface area contributed by atoms with E-state index in [0.29, 0.717) is 28.7 Å². The Labute approximate surface area is 172 Å². The Balaban J connectivity index is 1.82. The van der Waals surface area contributed by atoms with Gasteiger partial charge in [-0.25, -0.2) is 4.98 Å². The number of aryl methyl sites for hydroxylation is 3. The van der Waals surface area contributed by atoms with Crippen LogP contribution in [0.15, 0.2) is 42.7 Å². The molecule has 9 heteroatoms. The summed E-state index contributed by atoms with van der Waals surface area (Å²) in [5.74, 6) is -1.08. The SMILES string of the molecule is CCn1cc(NC(=O)c2cc(-c3cn(C)nc3C)nc3ccccc23)c(C(N)=O)n1. The molecule has 0 radical (unpaired) electrons. The van der Waals surface area contributed by atoms with Gasteiger partial charge in [-0.2, -0.15) is 10.2 Å². The van der Waals surface area contributed by atoms with Crippen molar-refractivity contribution in [2.24, 2.45) is 12.8 Å². The molecule has 4 aromatic rings. The molecule has 0 saturated heterocycles. The second kappa shape index (κ2) is 7.43. The van der Waals surface area contributed by atoms with Gasteiger partial charge in [-0.1, -0.05) is 18.2 Å². The second-order valence-electron chi connectivity index (χ2n) is 6.94. The van der Waals surface area contributed by atoms with Crippen molar-refractivity contribution in [3.05, 3.63) is 59.7 Å². The summed E-state index contributed by atoms with van der Waals surface area (Å²) in [6, 6.07) is 9.13. The first-order chi connectivity index (χ1) is 14.4. The van der Waals surface area contributed by atoms with Gasteiger partial charge < -0.3 is 11.1 Å². The Hall–Kier alpha value is -4.01. The molecule has 4 rings (SSSR count). The maximum Gasteiger partial charge on any atom is 0.271 e. The second-order valence-corrected chi connectivity index (χ2v) is 6.94. The van der Waals surface area contributed by atoms with Crippen LogP contribution in [0.3, 0.4) is 0 Å². The van der Waals surface area contributed by atoms with E-state index < -0.39 is 5.91 Å². The number of hydrogen-bond acceptors (Lipinski definition) is 5. The maximum atomic E-state index is 13.2. The lowest BCUT2D eigenvalue weighted by atomic mass is 10.0. The minimum atomic E-state index is -0.705. The number of nitrogens with one attached hydrogen (secondary N) is 1. The van der Waals surface area contributed by atoms with Gasteiger partial charge in [0, 0.05) is 36.9 Å². The van der Waals surface area contributed by atoms with E-state index in [1.54, 1.807) is 21.6 Å². The first kappa shape index (κ1) is 19.3. The van der Waals surface area contributed by atoms with Crippen molar-refractivity contribution in [3.63, 3.8) is 0 Å². The molecule has 0 spiro atoms. The number of carbonyl (C=O) groups excluding carboxylic acids is 2. The van der Waals surface area contributed by atoms with E-state index in [1.807, 2.05) is 51.4 Å². The highest BCUT2D eigenvalue weighted by Gasteiger charge is 2.20. The maximum absolute atomic E-state index is 13.2. The number of fused-ring (bicyclic) bond motifs is 1. The Morgan fingerprint density at radius 3 is 2.60 bits per heavy atom. The highest BCUT2D eigenvalue weighted by atomic mass is 16.2. The molecule has 9 nitrogen and oxygen atoms in total. The number of aromatic nitrogens is 5. The van der Waals surface area contributed by atoms with E-state index in [9.17, 15) is 9.59 Å². The van der Waals surface area contributed by atoms with Crippen LogP contribution in [0.1, 0.15) is 33.5 Å². The molecule has 0 unspecified atom stereocenters. The first-order valence-corrected chi connectivity index (χ1v) is 9.46. The van der Waals surface area contributed by atoms with Crippen molar-refractivity contribution in [3.8, 4) is 11.3 Å². The van der Waals surface area contributed by atoms with Crippen LogP contribution in [-0.4, -0.2) is 36.4 Å². The van der Waals surface area contributed by atoms with E-state index in [1.165, 1.54) is 0 Å². The van der Waals surface area contributed by atoms with Crippen LogP contribution in [0.5, 0.6) is 0 Å². The number of para-hydroxylation sites is 1. The summed E-state index contributed by atoms with van der Waals surface area (Å²) in [7, 11) is 1.84. The van der Waals surface area contributed by atoms with Crippen LogP contribution in [0, 0.1) is 6.92 Å². The number of hydrogen-bond donors (Lipinski definition) is 2. The van der Waals surface area contributed by atoms with Gasteiger partial charge >= 0.3 is 0 Å². The normalized spacial score (nSPS) is 11.0.